The Balaban J connectivity index is 2.16. The van der Waals surface area contributed by atoms with E-state index in [9.17, 15) is 4.79 Å². The van der Waals surface area contributed by atoms with E-state index < -0.39 is 0 Å². The van der Waals surface area contributed by atoms with Gasteiger partial charge in [-0.25, -0.2) is 4.68 Å². The van der Waals surface area contributed by atoms with Crippen LogP contribution in [0.25, 0.3) is 5.69 Å². The molecule has 2 N–H and O–H groups in total. The topological polar surface area (TPSA) is 67.2 Å². The Morgan fingerprint density at radius 2 is 2.20 bits per heavy atom. The molecule has 0 aliphatic carbocycles. The minimum Gasteiger partial charge on any atom is -0.396 e. The number of aliphatic hydroxyl groups excluding tert-OH is 1. The molecule has 5 nitrogen and oxygen atoms in total. The zero-order valence-corrected chi connectivity index (χ0v) is 11.7. The van der Waals surface area contributed by atoms with Crippen LogP contribution in [0.5, 0.6) is 0 Å². The first-order valence-corrected chi connectivity index (χ1v) is 6.79. The molecule has 6 heteroatoms. The maximum absolute atomic E-state index is 11.9. The van der Waals surface area contributed by atoms with Gasteiger partial charge in [0.1, 0.15) is 5.69 Å². The van der Waals surface area contributed by atoms with Crippen molar-refractivity contribution in [1.82, 2.24) is 9.78 Å². The fourth-order valence-corrected chi connectivity index (χ4v) is 2.12. The molecule has 2 aromatic rings. The van der Waals surface area contributed by atoms with Gasteiger partial charge >= 0.3 is 0 Å². The summed E-state index contributed by atoms with van der Waals surface area (Å²) in [6, 6.07) is 7.10. The molecule has 0 atom stereocenters. The number of nitrogens with one attached hydrogen (secondary N) is 1. The molecule has 0 saturated heterocycles. The Bertz CT molecular complexity index is 570. The van der Waals surface area contributed by atoms with Gasteiger partial charge in [0.15, 0.2) is 0 Å². The van der Waals surface area contributed by atoms with Crippen LogP contribution >= 0.6 is 11.6 Å². The third kappa shape index (κ3) is 3.59. The summed E-state index contributed by atoms with van der Waals surface area (Å²) < 4.78 is 1.62. The number of hydrogen-bond donors (Lipinski definition) is 2. The molecule has 0 bridgehead atoms. The minimum absolute atomic E-state index is 0.100. The summed E-state index contributed by atoms with van der Waals surface area (Å²) >= 11 is 6.19. The van der Waals surface area contributed by atoms with E-state index in [-0.39, 0.29) is 12.5 Å². The second-order valence-corrected chi connectivity index (χ2v) is 4.72. The lowest BCUT2D eigenvalue weighted by molar-refractivity contribution is -0.116. The van der Waals surface area contributed by atoms with Gasteiger partial charge in [0.05, 0.1) is 10.7 Å². The molecular weight excluding hydrogens is 278 g/mol. The predicted molar refractivity (Wildman–Crippen MR) is 78.1 cm³/mol. The van der Waals surface area contributed by atoms with Crippen molar-refractivity contribution >= 4 is 23.2 Å². The summed E-state index contributed by atoms with van der Waals surface area (Å²) in [5, 5.41) is 16.2. The SMILES string of the molecule is O=C(CCCCO)Nc1cccc(Cl)c1-n1cccn1. The Morgan fingerprint density at radius 3 is 2.90 bits per heavy atom. The van der Waals surface area contributed by atoms with Crippen LogP contribution in [0.1, 0.15) is 19.3 Å². The number of aromatic nitrogens is 2. The van der Waals surface area contributed by atoms with Gasteiger partial charge < -0.3 is 10.4 Å². The van der Waals surface area contributed by atoms with Gasteiger partial charge in [-0.15, -0.1) is 0 Å². The number of hydrogen-bond acceptors (Lipinski definition) is 3. The number of carbonyl (C=O) groups is 1. The smallest absolute Gasteiger partial charge is 0.224 e. The van der Waals surface area contributed by atoms with E-state index in [2.05, 4.69) is 10.4 Å². The molecule has 0 aliphatic rings. The Morgan fingerprint density at radius 1 is 1.35 bits per heavy atom. The quantitative estimate of drug-likeness (QED) is 0.805. The summed E-state index contributed by atoms with van der Waals surface area (Å²) in [6.45, 7) is 0.100. The van der Waals surface area contributed by atoms with Crippen LogP contribution in [-0.2, 0) is 4.79 Å². The van der Waals surface area contributed by atoms with Gasteiger partial charge in [0.25, 0.3) is 0 Å². The van der Waals surface area contributed by atoms with E-state index >= 15 is 0 Å². The fraction of sp³-hybridized carbons (Fsp3) is 0.286. The van der Waals surface area contributed by atoms with Gasteiger partial charge in [-0.05, 0) is 31.0 Å². The largest absolute Gasteiger partial charge is 0.396 e. The molecule has 0 fully saturated rings. The number of rotatable bonds is 6. The zero-order valence-electron chi connectivity index (χ0n) is 10.9. The summed E-state index contributed by atoms with van der Waals surface area (Å²) in [7, 11) is 0. The van der Waals surface area contributed by atoms with Crippen molar-refractivity contribution in [1.29, 1.82) is 0 Å². The average Bonchev–Trinajstić information content (AvgIpc) is 2.93. The van der Waals surface area contributed by atoms with Crippen molar-refractivity contribution in [2.24, 2.45) is 0 Å². The van der Waals surface area contributed by atoms with Gasteiger partial charge in [-0.2, -0.15) is 5.10 Å². The molecule has 1 aromatic heterocycles. The molecule has 1 heterocycles. The third-order valence-electron chi connectivity index (χ3n) is 2.81. The number of aliphatic hydroxyl groups is 1. The average molecular weight is 294 g/mol. The van der Waals surface area contributed by atoms with Crippen LogP contribution in [0.3, 0.4) is 0 Å². The Labute approximate surface area is 122 Å². The van der Waals surface area contributed by atoms with Crippen molar-refractivity contribution < 1.29 is 9.90 Å². The normalized spacial score (nSPS) is 10.5. The molecule has 0 spiro atoms. The first-order valence-electron chi connectivity index (χ1n) is 6.41. The molecule has 1 amide bonds. The second-order valence-electron chi connectivity index (χ2n) is 4.32. The van der Waals surface area contributed by atoms with Gasteiger partial charge in [-0.1, -0.05) is 17.7 Å². The first-order chi connectivity index (χ1) is 9.72. The molecule has 0 radical (unpaired) electrons. The maximum Gasteiger partial charge on any atom is 0.224 e. The number of nitrogens with zero attached hydrogens (tertiary/aromatic N) is 2. The van der Waals surface area contributed by atoms with Crippen LogP contribution in [-0.4, -0.2) is 27.4 Å². The number of halogens is 1. The molecule has 20 heavy (non-hydrogen) atoms. The van der Waals surface area contributed by atoms with E-state index in [1.54, 1.807) is 41.3 Å². The lowest BCUT2D eigenvalue weighted by Crippen LogP contribution is -2.13. The van der Waals surface area contributed by atoms with E-state index in [4.69, 9.17) is 16.7 Å². The van der Waals surface area contributed by atoms with Crippen LogP contribution in [0, 0.1) is 0 Å². The van der Waals surface area contributed by atoms with Gasteiger partial charge in [0, 0.05) is 25.4 Å². The third-order valence-corrected chi connectivity index (χ3v) is 3.11. The van der Waals surface area contributed by atoms with E-state index in [1.807, 2.05) is 0 Å². The first kappa shape index (κ1) is 14.6. The molecular formula is C14H16ClN3O2. The van der Waals surface area contributed by atoms with E-state index in [0.717, 1.165) is 0 Å². The fourth-order valence-electron chi connectivity index (χ4n) is 1.86. The minimum atomic E-state index is -0.103. The van der Waals surface area contributed by atoms with Crippen molar-refractivity contribution in [3.8, 4) is 5.69 Å². The molecule has 2 rings (SSSR count). The predicted octanol–water partition coefficient (Wildman–Crippen LogP) is 2.63. The highest BCUT2D eigenvalue weighted by molar-refractivity contribution is 6.33. The zero-order chi connectivity index (χ0) is 14.4. The van der Waals surface area contributed by atoms with Crippen LogP contribution in [0.2, 0.25) is 5.02 Å². The van der Waals surface area contributed by atoms with Crippen molar-refractivity contribution in [2.75, 3.05) is 11.9 Å². The van der Waals surface area contributed by atoms with Crippen LogP contribution < -0.4 is 5.32 Å². The van der Waals surface area contributed by atoms with Crippen molar-refractivity contribution in [3.63, 3.8) is 0 Å². The summed E-state index contributed by atoms with van der Waals surface area (Å²) in [6.07, 6.45) is 5.05. The molecule has 0 unspecified atom stereocenters. The lowest BCUT2D eigenvalue weighted by Gasteiger charge is -2.12. The van der Waals surface area contributed by atoms with E-state index in [1.165, 1.54) is 0 Å². The monoisotopic (exact) mass is 293 g/mol. The van der Waals surface area contributed by atoms with Crippen LogP contribution in [0.4, 0.5) is 5.69 Å². The standard InChI is InChI=1S/C14H16ClN3O2/c15-11-5-3-6-12(14(11)18-9-4-8-16-18)17-13(20)7-1-2-10-19/h3-6,8-9,19H,1-2,7,10H2,(H,17,20). The molecule has 0 saturated carbocycles. The summed E-state index contributed by atoms with van der Waals surface area (Å²) in [5.74, 6) is -0.103. The maximum atomic E-state index is 11.9. The Kier molecular flexibility index (Phi) is 5.15. The lowest BCUT2D eigenvalue weighted by atomic mass is 10.2. The van der Waals surface area contributed by atoms with E-state index in [0.29, 0.717) is 35.7 Å². The highest BCUT2D eigenvalue weighted by atomic mass is 35.5. The highest BCUT2D eigenvalue weighted by Gasteiger charge is 2.11. The summed E-state index contributed by atoms with van der Waals surface area (Å²) in [4.78, 5) is 11.9. The number of carbonyl (C=O) groups excluding carboxylic acids is 1. The molecule has 106 valence electrons. The highest BCUT2D eigenvalue weighted by Crippen LogP contribution is 2.28. The number of anilines is 1. The number of amides is 1. The van der Waals surface area contributed by atoms with Gasteiger partial charge in [0.2, 0.25) is 5.91 Å². The summed E-state index contributed by atoms with van der Waals surface area (Å²) in [5.41, 5.74) is 1.27. The Hall–Kier alpha value is -1.85. The van der Waals surface area contributed by atoms with Crippen molar-refractivity contribution in [2.45, 2.75) is 19.3 Å². The number of para-hydroxylation sites is 1. The second kappa shape index (κ2) is 7.07. The molecule has 1 aromatic carbocycles. The van der Waals surface area contributed by atoms with Crippen LogP contribution in [0.15, 0.2) is 36.7 Å². The van der Waals surface area contributed by atoms with Crippen molar-refractivity contribution in [3.05, 3.63) is 41.7 Å². The van der Waals surface area contributed by atoms with Gasteiger partial charge in [-0.3, -0.25) is 4.79 Å². The number of benzene rings is 1. The molecule has 0 aliphatic heterocycles. The number of unbranched alkanes of at least 4 members (excludes halogenated alkanes) is 1.